The molecule has 162 valence electrons. The number of anilines is 3. The molecule has 0 atom stereocenters. The van der Waals surface area contributed by atoms with Crippen molar-refractivity contribution in [3.05, 3.63) is 95.5 Å². The second-order valence-electron chi connectivity index (χ2n) is 7.63. The SMILES string of the molecule is Nc1ccccc1NC(=O)c1cc2ccc(CC(=O)Nc3cccc4cccnc34)cc2s1. The monoisotopic (exact) mass is 452 g/mol. The Hall–Kier alpha value is -4.23. The van der Waals surface area contributed by atoms with Crippen LogP contribution in [0.3, 0.4) is 0 Å². The first kappa shape index (κ1) is 20.7. The highest BCUT2D eigenvalue weighted by molar-refractivity contribution is 7.20. The van der Waals surface area contributed by atoms with E-state index in [0.29, 0.717) is 21.9 Å². The smallest absolute Gasteiger partial charge is 0.265 e. The third-order valence-corrected chi connectivity index (χ3v) is 6.39. The number of nitrogen functional groups attached to an aromatic ring is 1. The molecule has 0 aliphatic carbocycles. The fourth-order valence-corrected chi connectivity index (χ4v) is 4.70. The van der Waals surface area contributed by atoms with Crippen LogP contribution in [0, 0.1) is 0 Å². The number of nitrogens with one attached hydrogen (secondary N) is 2. The van der Waals surface area contributed by atoms with Gasteiger partial charge in [0.05, 0.1) is 33.9 Å². The number of fused-ring (bicyclic) bond motifs is 2. The van der Waals surface area contributed by atoms with Crippen molar-refractivity contribution < 1.29 is 9.59 Å². The van der Waals surface area contributed by atoms with Crippen molar-refractivity contribution in [2.75, 3.05) is 16.4 Å². The summed E-state index contributed by atoms with van der Waals surface area (Å²) in [6.45, 7) is 0. The van der Waals surface area contributed by atoms with Crippen molar-refractivity contribution in [3.63, 3.8) is 0 Å². The Bertz CT molecular complexity index is 1500. The second-order valence-corrected chi connectivity index (χ2v) is 8.71. The van der Waals surface area contributed by atoms with Gasteiger partial charge in [-0.15, -0.1) is 11.3 Å². The molecule has 0 aliphatic heterocycles. The minimum Gasteiger partial charge on any atom is -0.397 e. The lowest BCUT2D eigenvalue weighted by molar-refractivity contribution is -0.115. The lowest BCUT2D eigenvalue weighted by Gasteiger charge is -2.08. The van der Waals surface area contributed by atoms with E-state index in [1.807, 2.05) is 66.7 Å². The van der Waals surface area contributed by atoms with Crippen LogP contribution in [0.25, 0.3) is 21.0 Å². The van der Waals surface area contributed by atoms with Crippen molar-refractivity contribution >= 4 is 61.2 Å². The number of pyridine rings is 1. The zero-order valence-electron chi connectivity index (χ0n) is 17.5. The number of nitrogens with zero attached hydrogens (tertiary/aromatic N) is 1. The van der Waals surface area contributed by atoms with Crippen LogP contribution in [0.5, 0.6) is 0 Å². The van der Waals surface area contributed by atoms with Crippen LogP contribution in [0.15, 0.2) is 85.1 Å². The molecule has 0 aliphatic rings. The van der Waals surface area contributed by atoms with Crippen molar-refractivity contribution in [3.8, 4) is 0 Å². The quantitative estimate of drug-likeness (QED) is 0.308. The largest absolute Gasteiger partial charge is 0.397 e. The van der Waals surface area contributed by atoms with E-state index in [1.165, 1.54) is 11.3 Å². The van der Waals surface area contributed by atoms with Crippen LogP contribution in [0.2, 0.25) is 0 Å². The van der Waals surface area contributed by atoms with Gasteiger partial charge in [0.1, 0.15) is 0 Å². The zero-order chi connectivity index (χ0) is 22.8. The molecule has 2 amide bonds. The van der Waals surface area contributed by atoms with Gasteiger partial charge in [-0.25, -0.2) is 0 Å². The van der Waals surface area contributed by atoms with E-state index in [2.05, 4.69) is 15.6 Å². The predicted molar refractivity (Wildman–Crippen MR) is 135 cm³/mol. The molecule has 2 aromatic heterocycles. The molecular formula is C26H20N4O2S. The maximum Gasteiger partial charge on any atom is 0.265 e. The minimum absolute atomic E-state index is 0.124. The van der Waals surface area contributed by atoms with E-state index >= 15 is 0 Å². The van der Waals surface area contributed by atoms with Crippen molar-refractivity contribution in [2.24, 2.45) is 0 Å². The summed E-state index contributed by atoms with van der Waals surface area (Å²) in [6.07, 6.45) is 1.93. The van der Waals surface area contributed by atoms with Crippen molar-refractivity contribution in [2.45, 2.75) is 6.42 Å². The van der Waals surface area contributed by atoms with Crippen LogP contribution < -0.4 is 16.4 Å². The van der Waals surface area contributed by atoms with Crippen LogP contribution in [0.1, 0.15) is 15.2 Å². The first-order chi connectivity index (χ1) is 16.1. The number of aromatic nitrogens is 1. The van der Waals surface area contributed by atoms with Gasteiger partial charge < -0.3 is 16.4 Å². The maximum atomic E-state index is 12.7. The van der Waals surface area contributed by atoms with Crippen LogP contribution in [-0.2, 0) is 11.2 Å². The summed E-state index contributed by atoms with van der Waals surface area (Å²) in [5.74, 6) is -0.335. The van der Waals surface area contributed by atoms with Gasteiger partial charge in [0.15, 0.2) is 0 Å². The van der Waals surface area contributed by atoms with E-state index in [1.54, 1.807) is 18.3 Å². The molecule has 0 fully saturated rings. The molecule has 5 rings (SSSR count). The Labute approximate surface area is 194 Å². The van der Waals surface area contributed by atoms with Crippen molar-refractivity contribution in [1.29, 1.82) is 0 Å². The highest BCUT2D eigenvalue weighted by atomic mass is 32.1. The maximum absolute atomic E-state index is 12.7. The summed E-state index contributed by atoms with van der Waals surface area (Å²) in [6, 6.07) is 24.3. The number of para-hydroxylation sites is 3. The van der Waals surface area contributed by atoms with Gasteiger partial charge in [-0.1, -0.05) is 42.5 Å². The zero-order valence-corrected chi connectivity index (χ0v) is 18.4. The molecule has 5 aromatic rings. The van der Waals surface area contributed by atoms with Crippen molar-refractivity contribution in [1.82, 2.24) is 4.98 Å². The lowest BCUT2D eigenvalue weighted by Crippen LogP contribution is -2.14. The average Bonchev–Trinajstić information content (AvgIpc) is 3.24. The number of carbonyl (C=O) groups is 2. The molecule has 7 heteroatoms. The molecule has 0 radical (unpaired) electrons. The topological polar surface area (TPSA) is 97.1 Å². The summed E-state index contributed by atoms with van der Waals surface area (Å²) < 4.78 is 0.943. The number of hydrogen-bond donors (Lipinski definition) is 3. The van der Waals surface area contributed by atoms with Gasteiger partial charge in [-0.05, 0) is 47.3 Å². The van der Waals surface area contributed by atoms with Gasteiger partial charge in [0.2, 0.25) is 5.91 Å². The molecular weight excluding hydrogens is 432 g/mol. The molecule has 0 saturated heterocycles. The summed E-state index contributed by atoms with van der Waals surface area (Å²) in [5.41, 5.74) is 9.34. The van der Waals surface area contributed by atoms with E-state index in [0.717, 1.165) is 26.6 Å². The molecule has 0 spiro atoms. The standard InChI is InChI=1S/C26H20N4O2S/c27-19-7-1-2-8-20(19)30-26(32)23-15-18-11-10-16(13-22(18)33-23)14-24(31)29-21-9-3-5-17-6-4-12-28-25(17)21/h1-13,15H,14,27H2,(H,29,31)(H,30,32). The molecule has 2 heterocycles. The van der Waals surface area contributed by atoms with Gasteiger partial charge >= 0.3 is 0 Å². The molecule has 6 nitrogen and oxygen atoms in total. The number of amides is 2. The van der Waals surface area contributed by atoms with E-state index in [9.17, 15) is 9.59 Å². The molecule has 0 saturated carbocycles. The summed E-state index contributed by atoms with van der Waals surface area (Å²) in [5, 5.41) is 7.74. The second kappa shape index (κ2) is 8.72. The van der Waals surface area contributed by atoms with Gasteiger partial charge in [0, 0.05) is 16.3 Å². The fourth-order valence-electron chi connectivity index (χ4n) is 3.68. The molecule has 0 unspecified atom stereocenters. The molecule has 3 aromatic carbocycles. The Morgan fingerprint density at radius 1 is 0.848 bits per heavy atom. The molecule has 0 bridgehead atoms. The first-order valence-electron chi connectivity index (χ1n) is 10.4. The summed E-state index contributed by atoms with van der Waals surface area (Å²) in [4.78, 5) is 30.3. The summed E-state index contributed by atoms with van der Waals surface area (Å²) >= 11 is 1.38. The van der Waals surface area contributed by atoms with Crippen LogP contribution in [0.4, 0.5) is 17.1 Å². The fraction of sp³-hybridized carbons (Fsp3) is 0.0385. The van der Waals surface area contributed by atoms with Gasteiger partial charge in [-0.3, -0.25) is 14.6 Å². The average molecular weight is 453 g/mol. The predicted octanol–water partition coefficient (Wildman–Crippen LogP) is 5.47. The third kappa shape index (κ3) is 4.40. The number of hydrogen-bond acceptors (Lipinski definition) is 5. The normalized spacial score (nSPS) is 10.9. The van der Waals surface area contributed by atoms with Gasteiger partial charge in [-0.2, -0.15) is 0 Å². The number of benzene rings is 3. The number of thiophene rings is 1. The van der Waals surface area contributed by atoms with Crippen LogP contribution >= 0.6 is 11.3 Å². The van der Waals surface area contributed by atoms with E-state index < -0.39 is 0 Å². The van der Waals surface area contributed by atoms with Crippen LogP contribution in [-0.4, -0.2) is 16.8 Å². The Balaban J connectivity index is 1.32. The highest BCUT2D eigenvalue weighted by Crippen LogP contribution is 2.28. The summed E-state index contributed by atoms with van der Waals surface area (Å²) in [7, 11) is 0. The Morgan fingerprint density at radius 3 is 2.55 bits per heavy atom. The molecule has 4 N–H and O–H groups in total. The number of nitrogens with two attached hydrogens (primary N) is 1. The number of carbonyl (C=O) groups excluding carboxylic acids is 2. The molecule has 33 heavy (non-hydrogen) atoms. The Morgan fingerprint density at radius 2 is 1.67 bits per heavy atom. The van der Waals surface area contributed by atoms with E-state index in [-0.39, 0.29) is 18.2 Å². The number of rotatable bonds is 5. The van der Waals surface area contributed by atoms with E-state index in [4.69, 9.17) is 5.73 Å². The first-order valence-corrected chi connectivity index (χ1v) is 11.2. The Kier molecular flexibility index (Phi) is 5.46. The van der Waals surface area contributed by atoms with Gasteiger partial charge in [0.25, 0.3) is 5.91 Å². The third-order valence-electron chi connectivity index (χ3n) is 5.29. The highest BCUT2D eigenvalue weighted by Gasteiger charge is 2.13. The minimum atomic E-state index is -0.211. The lowest BCUT2D eigenvalue weighted by atomic mass is 10.1.